The second-order valence-electron chi connectivity index (χ2n) is 9.09. The van der Waals surface area contributed by atoms with E-state index in [1.165, 1.54) is 18.3 Å². The molecule has 1 heterocycles. The zero-order valence-corrected chi connectivity index (χ0v) is 19.0. The molecule has 5 unspecified atom stereocenters. The van der Waals surface area contributed by atoms with Crippen molar-refractivity contribution in [1.29, 1.82) is 0 Å². The van der Waals surface area contributed by atoms with Gasteiger partial charge in [0.05, 0.1) is 25.0 Å². The number of aliphatic hydroxyl groups is 2. The molecule has 1 aromatic rings. The van der Waals surface area contributed by atoms with Gasteiger partial charge in [0.15, 0.2) is 5.13 Å². The van der Waals surface area contributed by atoms with Gasteiger partial charge in [-0.3, -0.25) is 9.59 Å². The molecule has 1 fully saturated rings. The van der Waals surface area contributed by atoms with Crippen LogP contribution in [0.2, 0.25) is 0 Å². The number of methoxy groups -OCH3 is 1. The van der Waals surface area contributed by atoms with Crippen molar-refractivity contribution in [3.8, 4) is 0 Å². The molecule has 0 aliphatic heterocycles. The number of carbonyl (C=O) groups is 2. The van der Waals surface area contributed by atoms with Crippen molar-refractivity contribution in [2.24, 2.45) is 16.7 Å². The predicted molar refractivity (Wildman–Crippen MR) is 114 cm³/mol. The van der Waals surface area contributed by atoms with Crippen LogP contribution < -0.4 is 10.6 Å². The van der Waals surface area contributed by atoms with E-state index in [9.17, 15) is 19.8 Å². The summed E-state index contributed by atoms with van der Waals surface area (Å²) in [6.07, 6.45) is 1.66. The number of hydrogen-bond acceptors (Lipinski definition) is 7. The summed E-state index contributed by atoms with van der Waals surface area (Å²) < 4.78 is 5.02. The number of carbonyl (C=O) groups excluding carboxylic acids is 2. The van der Waals surface area contributed by atoms with Gasteiger partial charge in [0.25, 0.3) is 0 Å². The van der Waals surface area contributed by atoms with Crippen molar-refractivity contribution in [1.82, 2.24) is 10.3 Å². The minimum atomic E-state index is -0.659. The number of aliphatic hydroxyl groups excluding tert-OH is 2. The summed E-state index contributed by atoms with van der Waals surface area (Å²) in [6, 6.07) is 0. The third kappa shape index (κ3) is 4.12. The van der Waals surface area contributed by atoms with Crippen molar-refractivity contribution in [2.75, 3.05) is 32.2 Å². The second kappa shape index (κ2) is 8.90. The van der Waals surface area contributed by atoms with Gasteiger partial charge in [-0.15, -0.1) is 11.3 Å². The van der Waals surface area contributed by atoms with Gasteiger partial charge in [0, 0.05) is 43.2 Å². The van der Waals surface area contributed by atoms with E-state index in [0.29, 0.717) is 31.1 Å². The second-order valence-corrected chi connectivity index (χ2v) is 10.2. The van der Waals surface area contributed by atoms with Crippen LogP contribution in [0.15, 0.2) is 0 Å². The average Bonchev–Trinajstić information content (AvgIpc) is 3.08. The van der Waals surface area contributed by atoms with Crippen LogP contribution in [0.25, 0.3) is 0 Å². The van der Waals surface area contributed by atoms with Crippen LogP contribution in [0.3, 0.4) is 0 Å². The molecule has 2 aliphatic rings. The van der Waals surface area contributed by atoms with Crippen LogP contribution in [0, 0.1) is 16.7 Å². The van der Waals surface area contributed by atoms with Gasteiger partial charge < -0.3 is 25.6 Å². The number of ether oxygens (including phenoxy) is 1. The quantitative estimate of drug-likeness (QED) is 0.480. The summed E-state index contributed by atoms with van der Waals surface area (Å²) in [7, 11) is 1.59. The highest BCUT2D eigenvalue weighted by atomic mass is 32.1. The van der Waals surface area contributed by atoms with E-state index in [-0.39, 0.29) is 42.1 Å². The molecule has 30 heavy (non-hydrogen) atoms. The normalized spacial score (nSPS) is 32.8. The van der Waals surface area contributed by atoms with Gasteiger partial charge in [0.2, 0.25) is 11.8 Å². The third-order valence-corrected chi connectivity index (χ3v) is 8.20. The first-order valence-electron chi connectivity index (χ1n) is 10.5. The molecule has 0 radical (unpaired) electrons. The number of rotatable bonds is 7. The standard InChI is InChI=1S/C21H33N3O5S/c1-12(26)23-19-24-18-13(9-17(28)22-7-8-29-4)20(2)6-5-16(27)21(3,11-25)15(20)10-14(18)30-19/h13,15-16,25,27H,5-11H2,1-4H3,(H,22,28)(H,23,24,26). The topological polar surface area (TPSA) is 121 Å². The van der Waals surface area contributed by atoms with Crippen molar-refractivity contribution in [3.63, 3.8) is 0 Å². The van der Waals surface area contributed by atoms with E-state index >= 15 is 0 Å². The molecule has 1 saturated carbocycles. The summed E-state index contributed by atoms with van der Waals surface area (Å²) in [5.74, 6) is -0.426. The average molecular weight is 440 g/mol. The lowest BCUT2D eigenvalue weighted by atomic mass is 9.47. The fraction of sp³-hybridized carbons (Fsp3) is 0.762. The smallest absolute Gasteiger partial charge is 0.223 e. The molecule has 168 valence electrons. The van der Waals surface area contributed by atoms with E-state index < -0.39 is 11.5 Å². The molecule has 9 heteroatoms. The van der Waals surface area contributed by atoms with Crippen molar-refractivity contribution >= 4 is 28.3 Å². The van der Waals surface area contributed by atoms with Gasteiger partial charge in [-0.1, -0.05) is 13.8 Å². The zero-order valence-electron chi connectivity index (χ0n) is 18.2. The van der Waals surface area contributed by atoms with Crippen LogP contribution in [0.4, 0.5) is 5.13 Å². The van der Waals surface area contributed by atoms with E-state index in [2.05, 4.69) is 17.6 Å². The third-order valence-electron chi connectivity index (χ3n) is 7.19. The number of anilines is 1. The molecular weight excluding hydrogens is 406 g/mol. The molecule has 4 N–H and O–H groups in total. The van der Waals surface area contributed by atoms with Crippen LogP contribution in [0.5, 0.6) is 0 Å². The SMILES string of the molecule is COCCNC(=O)CC1c2nc(NC(C)=O)sc2CC2C(C)(CO)C(O)CCC12C. The number of aromatic nitrogens is 1. The Hall–Kier alpha value is -1.55. The van der Waals surface area contributed by atoms with Crippen LogP contribution in [0.1, 0.15) is 56.5 Å². The Morgan fingerprint density at radius 2 is 2.10 bits per heavy atom. The zero-order chi connectivity index (χ0) is 22.1. The van der Waals surface area contributed by atoms with E-state index in [1.807, 2.05) is 6.92 Å². The molecule has 5 atom stereocenters. The Labute approximate surface area is 181 Å². The lowest BCUT2D eigenvalue weighted by molar-refractivity contribution is -0.144. The van der Waals surface area contributed by atoms with E-state index in [1.54, 1.807) is 7.11 Å². The highest BCUT2D eigenvalue weighted by Gasteiger charge is 2.59. The Balaban J connectivity index is 1.99. The molecule has 0 aromatic carbocycles. The summed E-state index contributed by atoms with van der Waals surface area (Å²) in [5, 5.41) is 27.2. The van der Waals surface area contributed by atoms with Gasteiger partial charge in [-0.25, -0.2) is 4.98 Å². The maximum Gasteiger partial charge on any atom is 0.223 e. The fourth-order valence-corrected chi connectivity index (χ4v) is 6.51. The monoisotopic (exact) mass is 439 g/mol. The summed E-state index contributed by atoms with van der Waals surface area (Å²) in [6.45, 7) is 6.31. The van der Waals surface area contributed by atoms with Crippen LogP contribution in [-0.4, -0.2) is 60.0 Å². The highest BCUT2D eigenvalue weighted by molar-refractivity contribution is 7.15. The Morgan fingerprint density at radius 3 is 2.73 bits per heavy atom. The van der Waals surface area contributed by atoms with Gasteiger partial charge in [0.1, 0.15) is 0 Å². The van der Waals surface area contributed by atoms with E-state index in [4.69, 9.17) is 9.72 Å². The van der Waals surface area contributed by atoms with E-state index in [0.717, 1.165) is 17.0 Å². The Bertz CT molecular complexity index is 800. The van der Waals surface area contributed by atoms with Gasteiger partial charge in [-0.05, 0) is 30.6 Å². The molecule has 0 saturated heterocycles. The maximum atomic E-state index is 12.7. The fourth-order valence-electron chi connectivity index (χ4n) is 5.40. The van der Waals surface area contributed by atoms with Crippen molar-refractivity contribution in [2.45, 2.75) is 58.5 Å². The molecule has 1 aromatic heterocycles. The molecule has 0 bridgehead atoms. The Kier molecular flexibility index (Phi) is 6.86. The largest absolute Gasteiger partial charge is 0.396 e. The number of nitrogens with zero attached hydrogens (tertiary/aromatic N) is 1. The lowest BCUT2D eigenvalue weighted by Gasteiger charge is -2.58. The Morgan fingerprint density at radius 1 is 1.37 bits per heavy atom. The highest BCUT2D eigenvalue weighted by Crippen LogP contribution is 2.62. The number of amides is 2. The summed E-state index contributed by atoms with van der Waals surface area (Å²) in [4.78, 5) is 30.0. The first-order chi connectivity index (χ1) is 14.2. The minimum Gasteiger partial charge on any atom is -0.396 e. The molecule has 3 rings (SSSR count). The van der Waals surface area contributed by atoms with Crippen molar-refractivity contribution < 1.29 is 24.5 Å². The first-order valence-corrected chi connectivity index (χ1v) is 11.3. The van der Waals surface area contributed by atoms with Crippen LogP contribution in [-0.2, 0) is 20.7 Å². The summed E-state index contributed by atoms with van der Waals surface area (Å²) in [5.41, 5.74) is -0.0987. The molecule has 8 nitrogen and oxygen atoms in total. The lowest BCUT2D eigenvalue weighted by Crippen LogP contribution is -2.57. The summed E-state index contributed by atoms with van der Waals surface area (Å²) >= 11 is 1.42. The van der Waals surface area contributed by atoms with Crippen LogP contribution >= 0.6 is 11.3 Å². The predicted octanol–water partition coefficient (Wildman–Crippen LogP) is 1.67. The number of hydrogen-bond donors (Lipinski definition) is 4. The molecule has 2 amide bonds. The van der Waals surface area contributed by atoms with Gasteiger partial charge in [-0.2, -0.15) is 0 Å². The van der Waals surface area contributed by atoms with Crippen molar-refractivity contribution in [3.05, 3.63) is 10.6 Å². The first kappa shape index (κ1) is 23.1. The number of nitrogens with one attached hydrogen (secondary N) is 2. The molecule has 0 spiro atoms. The number of fused-ring (bicyclic) bond motifs is 2. The minimum absolute atomic E-state index is 0.00588. The maximum absolute atomic E-state index is 12.7. The molecule has 2 aliphatic carbocycles. The van der Waals surface area contributed by atoms with Gasteiger partial charge >= 0.3 is 0 Å². The number of thiazole rings is 1. The molecular formula is C21H33N3O5S.